The van der Waals surface area contributed by atoms with Gasteiger partial charge in [0.2, 0.25) is 11.8 Å². The fourth-order valence-corrected chi connectivity index (χ4v) is 3.24. The van der Waals surface area contributed by atoms with Crippen molar-refractivity contribution in [2.75, 3.05) is 12.4 Å². The third-order valence-corrected chi connectivity index (χ3v) is 5.42. The summed E-state index contributed by atoms with van der Waals surface area (Å²) in [6, 6.07) is 7.13. The van der Waals surface area contributed by atoms with E-state index in [9.17, 15) is 14.4 Å². The number of carbonyl (C=O) groups is 3. The van der Waals surface area contributed by atoms with Gasteiger partial charge >= 0.3 is 5.97 Å². The van der Waals surface area contributed by atoms with Crippen LogP contribution in [0.25, 0.3) is 0 Å². The van der Waals surface area contributed by atoms with E-state index in [4.69, 9.17) is 0 Å². The Hall–Kier alpha value is -4.19. The minimum Gasteiger partial charge on any atom is -0.466 e. The van der Waals surface area contributed by atoms with E-state index in [0.29, 0.717) is 25.1 Å². The molecule has 40 heavy (non-hydrogen) atoms. The molecule has 1 aromatic carbocycles. The van der Waals surface area contributed by atoms with Crippen molar-refractivity contribution >= 4 is 23.5 Å². The van der Waals surface area contributed by atoms with Crippen molar-refractivity contribution in [3.63, 3.8) is 0 Å². The number of nitrogens with one attached hydrogen (secondary N) is 2. The molecule has 2 N–H and O–H groups in total. The maximum atomic E-state index is 12.1. The van der Waals surface area contributed by atoms with Crippen molar-refractivity contribution in [3.8, 4) is 0 Å². The number of ether oxygens (including phenoxy) is 1. The number of methoxy groups -OCH3 is 1. The van der Waals surface area contributed by atoms with Crippen molar-refractivity contribution < 1.29 is 19.1 Å². The average molecular weight is 545 g/mol. The van der Waals surface area contributed by atoms with E-state index in [1.165, 1.54) is 7.11 Å². The summed E-state index contributed by atoms with van der Waals surface area (Å²) in [6.07, 6.45) is 35.1. The van der Waals surface area contributed by atoms with Crippen LogP contribution in [-0.2, 0) is 25.7 Å². The van der Waals surface area contributed by atoms with Gasteiger partial charge in [-0.3, -0.25) is 9.59 Å². The normalized spacial score (nSPS) is 12.2. The highest BCUT2D eigenvalue weighted by molar-refractivity contribution is 6.02. The zero-order valence-electron chi connectivity index (χ0n) is 23.9. The number of hydrogen-bond acceptors (Lipinski definition) is 4. The van der Waals surface area contributed by atoms with Crippen LogP contribution in [0.2, 0.25) is 0 Å². The first-order valence-corrected chi connectivity index (χ1v) is 13.9. The molecule has 0 saturated carbocycles. The summed E-state index contributed by atoms with van der Waals surface area (Å²) in [7, 11) is 1.24. The number of allylic oxidation sites excluding steroid dienone is 12. The van der Waals surface area contributed by atoms with Gasteiger partial charge in [-0.2, -0.15) is 0 Å². The van der Waals surface area contributed by atoms with Crippen molar-refractivity contribution in [1.82, 2.24) is 5.32 Å². The van der Waals surface area contributed by atoms with Gasteiger partial charge in [0.1, 0.15) is 0 Å². The van der Waals surface area contributed by atoms with Crippen LogP contribution in [0, 0.1) is 0 Å². The topological polar surface area (TPSA) is 84.5 Å². The molecular formula is C34H44N2O4. The molecule has 6 heteroatoms. The minimum atomic E-state index is -0.595. The molecule has 6 nitrogen and oxygen atoms in total. The molecule has 0 aromatic heterocycles. The van der Waals surface area contributed by atoms with Crippen molar-refractivity contribution in [1.29, 1.82) is 0 Å². The number of benzene rings is 1. The molecule has 0 bridgehead atoms. The molecule has 0 aliphatic heterocycles. The lowest BCUT2D eigenvalue weighted by molar-refractivity contribution is -0.135. The van der Waals surface area contributed by atoms with Gasteiger partial charge in [-0.1, -0.05) is 92.0 Å². The highest BCUT2D eigenvalue weighted by atomic mass is 16.5. The first-order chi connectivity index (χ1) is 19.5. The van der Waals surface area contributed by atoms with E-state index in [1.807, 2.05) is 18.2 Å². The van der Waals surface area contributed by atoms with Gasteiger partial charge in [-0.15, -0.1) is 0 Å². The second-order valence-corrected chi connectivity index (χ2v) is 8.77. The van der Waals surface area contributed by atoms with Gasteiger partial charge in [-0.05, 0) is 62.6 Å². The largest absolute Gasteiger partial charge is 0.466 e. The summed E-state index contributed by atoms with van der Waals surface area (Å²) < 4.78 is 4.44. The minimum absolute atomic E-state index is 0.00939. The van der Waals surface area contributed by atoms with Gasteiger partial charge in [-0.25, -0.2) is 4.79 Å². The average Bonchev–Trinajstić information content (AvgIpc) is 2.96. The maximum absolute atomic E-state index is 12.1. The number of rotatable bonds is 19. The summed E-state index contributed by atoms with van der Waals surface area (Å²) in [5.41, 5.74) is 1.51. The summed E-state index contributed by atoms with van der Waals surface area (Å²) in [6.45, 7) is 2.56. The standard InChI is InChI=1S/C34H44N2O4/c1-3-4-5-6-7-8-9-10-11-12-13-14-15-16-17-18-19-20-21-22-32(37)35-29-30-23-25-31(26-24-30)36-33(38)27-28-34(39)40-2/h4-5,7-8,10-11,13-14,16-17,19-20,23-28H,3,6,9,12,15,18,21-22,29H2,1-2H3,(H,35,37)(H,36,38)/b5-4-,8-7-,11-10-,14-13-,17-16-,20-19-,28-27?. The lowest BCUT2D eigenvalue weighted by atomic mass is 10.2. The Morgan fingerprint density at radius 1 is 0.700 bits per heavy atom. The molecule has 0 fully saturated rings. The quantitative estimate of drug-likeness (QED) is 0.108. The molecule has 0 atom stereocenters. The van der Waals surface area contributed by atoms with E-state index in [2.05, 4.69) is 89.1 Å². The van der Waals surface area contributed by atoms with Crippen LogP contribution in [0.1, 0.15) is 63.9 Å². The predicted octanol–water partition coefficient (Wildman–Crippen LogP) is 7.45. The van der Waals surface area contributed by atoms with Crippen LogP contribution in [-0.4, -0.2) is 24.9 Å². The molecule has 0 radical (unpaired) electrons. The Kier molecular flexibility index (Phi) is 20.2. The zero-order valence-corrected chi connectivity index (χ0v) is 23.9. The predicted molar refractivity (Wildman–Crippen MR) is 166 cm³/mol. The molecule has 0 heterocycles. The lowest BCUT2D eigenvalue weighted by Crippen LogP contribution is -2.22. The number of hydrogen-bond donors (Lipinski definition) is 2. The molecule has 0 saturated heterocycles. The number of anilines is 1. The zero-order chi connectivity index (χ0) is 29.1. The molecule has 2 amide bonds. The smallest absolute Gasteiger partial charge is 0.330 e. The molecule has 1 aromatic rings. The van der Waals surface area contributed by atoms with Gasteiger partial charge in [0.25, 0.3) is 0 Å². The van der Waals surface area contributed by atoms with E-state index in [-0.39, 0.29) is 5.91 Å². The Morgan fingerprint density at radius 2 is 1.20 bits per heavy atom. The first-order valence-electron chi connectivity index (χ1n) is 13.9. The Labute approximate surface area is 240 Å². The fourth-order valence-electron chi connectivity index (χ4n) is 3.24. The Balaban J connectivity index is 2.11. The third-order valence-electron chi connectivity index (χ3n) is 5.42. The summed E-state index contributed by atoms with van der Waals surface area (Å²) >= 11 is 0. The monoisotopic (exact) mass is 544 g/mol. The molecule has 214 valence electrons. The van der Waals surface area contributed by atoms with Crippen molar-refractivity contribution in [2.45, 2.75) is 64.8 Å². The van der Waals surface area contributed by atoms with Gasteiger partial charge in [0.15, 0.2) is 0 Å². The molecule has 0 unspecified atom stereocenters. The third kappa shape index (κ3) is 19.9. The van der Waals surface area contributed by atoms with Crippen molar-refractivity contribution in [2.24, 2.45) is 0 Å². The second kappa shape index (κ2) is 23.9. The Morgan fingerprint density at radius 3 is 1.70 bits per heavy atom. The Bertz CT molecular complexity index is 1070. The summed E-state index contributed by atoms with van der Waals surface area (Å²) in [4.78, 5) is 34.9. The van der Waals surface area contributed by atoms with E-state index in [0.717, 1.165) is 56.2 Å². The second-order valence-electron chi connectivity index (χ2n) is 8.77. The van der Waals surface area contributed by atoms with E-state index < -0.39 is 11.9 Å². The number of amides is 2. The molecule has 1 rings (SSSR count). The lowest BCUT2D eigenvalue weighted by Gasteiger charge is -2.06. The van der Waals surface area contributed by atoms with Gasteiger partial charge < -0.3 is 15.4 Å². The van der Waals surface area contributed by atoms with Crippen LogP contribution in [0.15, 0.2) is 109 Å². The van der Waals surface area contributed by atoms with Gasteiger partial charge in [0.05, 0.1) is 7.11 Å². The number of carbonyl (C=O) groups excluding carboxylic acids is 3. The highest BCUT2D eigenvalue weighted by Gasteiger charge is 2.02. The van der Waals surface area contributed by atoms with Crippen LogP contribution in [0.4, 0.5) is 5.69 Å². The van der Waals surface area contributed by atoms with Crippen LogP contribution < -0.4 is 10.6 Å². The number of esters is 1. The first kappa shape index (κ1) is 33.8. The summed E-state index contributed by atoms with van der Waals surface area (Å²) in [5, 5.41) is 5.55. The molecular weight excluding hydrogens is 500 g/mol. The van der Waals surface area contributed by atoms with Crippen LogP contribution in [0.3, 0.4) is 0 Å². The van der Waals surface area contributed by atoms with E-state index >= 15 is 0 Å². The molecule has 0 aliphatic rings. The molecule has 0 aliphatic carbocycles. The summed E-state index contributed by atoms with van der Waals surface area (Å²) in [5.74, 6) is -1.03. The maximum Gasteiger partial charge on any atom is 0.330 e. The molecule has 0 spiro atoms. The SMILES string of the molecule is CC/C=C\C/C=C\C/C=C\C/C=C\C/C=C\C/C=C\CCC(=O)NCc1ccc(NC(=O)C=CC(=O)OC)cc1. The van der Waals surface area contributed by atoms with Gasteiger partial charge in [0, 0.05) is 30.8 Å². The highest BCUT2D eigenvalue weighted by Crippen LogP contribution is 2.10. The van der Waals surface area contributed by atoms with Crippen LogP contribution >= 0.6 is 0 Å². The van der Waals surface area contributed by atoms with Crippen molar-refractivity contribution in [3.05, 3.63) is 115 Å². The van der Waals surface area contributed by atoms with E-state index in [1.54, 1.807) is 12.1 Å². The van der Waals surface area contributed by atoms with Crippen LogP contribution in [0.5, 0.6) is 0 Å². The fraction of sp³-hybridized carbons (Fsp3) is 0.324.